The maximum atomic E-state index is 8.79. The molecular formula is C13H21NO3. The van der Waals surface area contributed by atoms with Crippen LogP contribution < -0.4 is 14.8 Å². The lowest BCUT2D eigenvalue weighted by Gasteiger charge is -2.14. The predicted molar refractivity (Wildman–Crippen MR) is 67.6 cm³/mol. The van der Waals surface area contributed by atoms with Crippen molar-refractivity contribution < 1.29 is 14.6 Å². The van der Waals surface area contributed by atoms with Crippen LogP contribution in [0.5, 0.6) is 11.5 Å². The summed E-state index contributed by atoms with van der Waals surface area (Å²) < 4.78 is 10.6. The van der Waals surface area contributed by atoms with Crippen LogP contribution in [-0.2, 0) is 6.54 Å². The molecule has 0 heterocycles. The van der Waals surface area contributed by atoms with Gasteiger partial charge in [0.05, 0.1) is 13.7 Å². The first-order valence-corrected chi connectivity index (χ1v) is 5.81. The minimum atomic E-state index is 0.00819. The average molecular weight is 239 g/mol. The molecule has 0 radical (unpaired) electrons. The first-order chi connectivity index (χ1) is 8.17. The molecule has 1 rings (SSSR count). The van der Waals surface area contributed by atoms with Crippen LogP contribution in [0, 0.1) is 0 Å². The molecule has 0 aliphatic rings. The van der Waals surface area contributed by atoms with Crippen molar-refractivity contribution in [3.63, 3.8) is 0 Å². The normalized spacial score (nSPS) is 10.6. The van der Waals surface area contributed by atoms with Crippen LogP contribution in [0.15, 0.2) is 18.2 Å². The molecular weight excluding hydrogens is 218 g/mol. The number of rotatable bonds is 7. The average Bonchev–Trinajstić information content (AvgIpc) is 2.34. The van der Waals surface area contributed by atoms with Gasteiger partial charge in [0.25, 0.3) is 0 Å². The molecule has 4 nitrogen and oxygen atoms in total. The Morgan fingerprint density at radius 3 is 2.71 bits per heavy atom. The Bertz CT molecular complexity index is 339. The third-order valence-corrected chi connectivity index (χ3v) is 2.32. The molecule has 0 aromatic heterocycles. The van der Waals surface area contributed by atoms with Gasteiger partial charge in [-0.25, -0.2) is 0 Å². The van der Waals surface area contributed by atoms with Gasteiger partial charge in [0, 0.05) is 24.2 Å². The molecule has 96 valence electrons. The number of hydrogen-bond donors (Lipinski definition) is 2. The minimum absolute atomic E-state index is 0.00819. The third kappa shape index (κ3) is 4.63. The van der Waals surface area contributed by atoms with E-state index in [1.807, 2.05) is 18.2 Å². The Hall–Kier alpha value is -1.26. The monoisotopic (exact) mass is 239 g/mol. The van der Waals surface area contributed by atoms with E-state index in [1.54, 1.807) is 7.11 Å². The number of ether oxygens (including phenoxy) is 2. The highest BCUT2D eigenvalue weighted by Gasteiger charge is 2.06. The minimum Gasteiger partial charge on any atom is -0.497 e. The summed E-state index contributed by atoms with van der Waals surface area (Å²) >= 11 is 0. The molecule has 0 bridgehead atoms. The SMILES string of the molecule is COc1ccc(CNC(C)C)c(OCCO)c1. The fourth-order valence-electron chi connectivity index (χ4n) is 1.41. The van der Waals surface area contributed by atoms with Gasteiger partial charge in [-0.3, -0.25) is 0 Å². The van der Waals surface area contributed by atoms with Gasteiger partial charge in [0.15, 0.2) is 0 Å². The van der Waals surface area contributed by atoms with Crippen molar-refractivity contribution in [3.05, 3.63) is 23.8 Å². The lowest BCUT2D eigenvalue weighted by molar-refractivity contribution is 0.199. The first kappa shape index (κ1) is 13.8. The van der Waals surface area contributed by atoms with Crippen molar-refractivity contribution in [3.8, 4) is 11.5 Å². The molecule has 0 aliphatic carbocycles. The van der Waals surface area contributed by atoms with E-state index < -0.39 is 0 Å². The molecule has 0 unspecified atom stereocenters. The Morgan fingerprint density at radius 1 is 1.35 bits per heavy atom. The van der Waals surface area contributed by atoms with Crippen molar-refractivity contribution in [2.45, 2.75) is 26.4 Å². The number of aliphatic hydroxyl groups is 1. The van der Waals surface area contributed by atoms with Crippen LogP contribution in [0.3, 0.4) is 0 Å². The highest BCUT2D eigenvalue weighted by atomic mass is 16.5. The van der Waals surface area contributed by atoms with E-state index in [4.69, 9.17) is 14.6 Å². The second-order valence-corrected chi connectivity index (χ2v) is 4.08. The molecule has 0 fully saturated rings. The van der Waals surface area contributed by atoms with Crippen molar-refractivity contribution in [2.24, 2.45) is 0 Å². The lowest BCUT2D eigenvalue weighted by Crippen LogP contribution is -2.22. The summed E-state index contributed by atoms with van der Waals surface area (Å²) in [5.74, 6) is 1.51. The fourth-order valence-corrected chi connectivity index (χ4v) is 1.41. The van der Waals surface area contributed by atoms with Crippen molar-refractivity contribution in [1.82, 2.24) is 5.32 Å². The summed E-state index contributed by atoms with van der Waals surface area (Å²) in [5.41, 5.74) is 1.06. The Kier molecular flexibility index (Phi) is 5.80. The second kappa shape index (κ2) is 7.14. The van der Waals surface area contributed by atoms with Crippen LogP contribution >= 0.6 is 0 Å². The van der Waals surface area contributed by atoms with Gasteiger partial charge in [-0.2, -0.15) is 0 Å². The molecule has 0 atom stereocenters. The Balaban J connectivity index is 2.78. The highest BCUT2D eigenvalue weighted by molar-refractivity contribution is 5.40. The van der Waals surface area contributed by atoms with Gasteiger partial charge >= 0.3 is 0 Å². The number of methoxy groups -OCH3 is 1. The van der Waals surface area contributed by atoms with Crippen LogP contribution in [0.25, 0.3) is 0 Å². The van der Waals surface area contributed by atoms with E-state index >= 15 is 0 Å². The predicted octanol–water partition coefficient (Wildman–Crippen LogP) is 1.56. The summed E-state index contributed by atoms with van der Waals surface area (Å²) in [4.78, 5) is 0. The van der Waals surface area contributed by atoms with Gasteiger partial charge < -0.3 is 19.9 Å². The van der Waals surface area contributed by atoms with Crippen LogP contribution in [0.2, 0.25) is 0 Å². The zero-order chi connectivity index (χ0) is 12.7. The number of benzene rings is 1. The van der Waals surface area contributed by atoms with Crippen molar-refractivity contribution in [2.75, 3.05) is 20.3 Å². The van der Waals surface area contributed by atoms with E-state index in [2.05, 4.69) is 19.2 Å². The van der Waals surface area contributed by atoms with E-state index in [1.165, 1.54) is 0 Å². The zero-order valence-corrected chi connectivity index (χ0v) is 10.7. The van der Waals surface area contributed by atoms with E-state index in [9.17, 15) is 0 Å². The molecule has 1 aromatic carbocycles. The van der Waals surface area contributed by atoms with Crippen LogP contribution in [0.4, 0.5) is 0 Å². The van der Waals surface area contributed by atoms with Gasteiger partial charge in [0.2, 0.25) is 0 Å². The van der Waals surface area contributed by atoms with Gasteiger partial charge in [-0.15, -0.1) is 0 Å². The van der Waals surface area contributed by atoms with Gasteiger partial charge in [-0.05, 0) is 6.07 Å². The molecule has 0 aliphatic heterocycles. The maximum absolute atomic E-state index is 8.79. The van der Waals surface area contributed by atoms with E-state index in [0.29, 0.717) is 12.6 Å². The van der Waals surface area contributed by atoms with E-state index in [-0.39, 0.29) is 6.61 Å². The molecule has 0 saturated carbocycles. The molecule has 0 amide bonds. The largest absolute Gasteiger partial charge is 0.497 e. The number of nitrogens with one attached hydrogen (secondary N) is 1. The van der Waals surface area contributed by atoms with Gasteiger partial charge in [-0.1, -0.05) is 19.9 Å². The zero-order valence-electron chi connectivity index (χ0n) is 10.7. The molecule has 1 aromatic rings. The summed E-state index contributed by atoms with van der Waals surface area (Å²) in [5, 5.41) is 12.1. The Labute approximate surface area is 103 Å². The second-order valence-electron chi connectivity index (χ2n) is 4.08. The molecule has 4 heteroatoms. The third-order valence-electron chi connectivity index (χ3n) is 2.32. The quantitative estimate of drug-likeness (QED) is 0.758. The standard InChI is InChI=1S/C13H21NO3/c1-10(2)14-9-11-4-5-12(16-3)8-13(11)17-7-6-15/h4-5,8,10,14-15H,6-7,9H2,1-3H3. The lowest BCUT2D eigenvalue weighted by atomic mass is 10.2. The van der Waals surface area contributed by atoms with Crippen LogP contribution in [-0.4, -0.2) is 31.5 Å². The molecule has 2 N–H and O–H groups in total. The number of aliphatic hydroxyl groups excluding tert-OH is 1. The topological polar surface area (TPSA) is 50.7 Å². The molecule has 0 saturated heterocycles. The summed E-state index contributed by atoms with van der Waals surface area (Å²) in [7, 11) is 1.62. The van der Waals surface area contributed by atoms with E-state index in [0.717, 1.165) is 23.6 Å². The van der Waals surface area contributed by atoms with Gasteiger partial charge in [0.1, 0.15) is 18.1 Å². The smallest absolute Gasteiger partial charge is 0.127 e. The number of hydrogen-bond acceptors (Lipinski definition) is 4. The summed E-state index contributed by atoms with van der Waals surface area (Å²) in [6.45, 7) is 5.23. The fraction of sp³-hybridized carbons (Fsp3) is 0.538. The highest BCUT2D eigenvalue weighted by Crippen LogP contribution is 2.24. The maximum Gasteiger partial charge on any atom is 0.127 e. The molecule has 17 heavy (non-hydrogen) atoms. The summed E-state index contributed by atoms with van der Waals surface area (Å²) in [6.07, 6.45) is 0. The first-order valence-electron chi connectivity index (χ1n) is 5.81. The van der Waals surface area contributed by atoms with Crippen molar-refractivity contribution in [1.29, 1.82) is 0 Å². The summed E-state index contributed by atoms with van der Waals surface area (Å²) in [6, 6.07) is 6.14. The van der Waals surface area contributed by atoms with Crippen LogP contribution in [0.1, 0.15) is 19.4 Å². The molecule has 0 spiro atoms. The Morgan fingerprint density at radius 2 is 2.12 bits per heavy atom. The van der Waals surface area contributed by atoms with Crippen molar-refractivity contribution >= 4 is 0 Å².